The van der Waals surface area contributed by atoms with E-state index in [2.05, 4.69) is 15.6 Å². The van der Waals surface area contributed by atoms with Crippen molar-refractivity contribution in [2.45, 2.75) is 26.4 Å². The van der Waals surface area contributed by atoms with E-state index in [0.717, 1.165) is 11.3 Å². The molecule has 0 spiro atoms. The van der Waals surface area contributed by atoms with Crippen LogP contribution in [0.1, 0.15) is 29.9 Å². The molecular formula is C16H19N3O2. The fraction of sp³-hybridized carbons (Fsp3) is 0.250. The number of benzene rings is 1. The van der Waals surface area contributed by atoms with Gasteiger partial charge in [0, 0.05) is 24.9 Å². The Hall–Kier alpha value is -2.56. The number of hydrogen-bond donors (Lipinski definition) is 3. The zero-order chi connectivity index (χ0) is 15.2. The van der Waals surface area contributed by atoms with E-state index in [1.54, 1.807) is 6.07 Å². The van der Waals surface area contributed by atoms with Crippen LogP contribution < -0.4 is 10.6 Å². The van der Waals surface area contributed by atoms with Crippen molar-refractivity contribution < 1.29 is 9.59 Å². The Morgan fingerprint density at radius 3 is 2.43 bits per heavy atom. The maximum absolute atomic E-state index is 12.3. The van der Waals surface area contributed by atoms with E-state index in [1.807, 2.05) is 43.3 Å². The Kier molecular flexibility index (Phi) is 4.77. The Morgan fingerprint density at radius 1 is 1.14 bits per heavy atom. The first-order chi connectivity index (χ1) is 10.1. The summed E-state index contributed by atoms with van der Waals surface area (Å²) < 4.78 is 0. The molecule has 0 saturated heterocycles. The van der Waals surface area contributed by atoms with E-state index in [-0.39, 0.29) is 11.8 Å². The number of H-pyrrole nitrogens is 1. The molecule has 1 atom stereocenters. The van der Waals surface area contributed by atoms with Crippen molar-refractivity contribution in [3.05, 3.63) is 59.4 Å². The van der Waals surface area contributed by atoms with Crippen molar-refractivity contribution in [3.8, 4) is 0 Å². The van der Waals surface area contributed by atoms with Gasteiger partial charge < -0.3 is 15.6 Å². The summed E-state index contributed by atoms with van der Waals surface area (Å²) in [4.78, 5) is 26.7. The third kappa shape index (κ3) is 4.21. The van der Waals surface area contributed by atoms with Gasteiger partial charge in [0.05, 0.1) is 0 Å². The highest BCUT2D eigenvalue weighted by molar-refractivity contribution is 5.87. The van der Waals surface area contributed by atoms with Crippen LogP contribution in [-0.4, -0.2) is 16.8 Å². The monoisotopic (exact) mass is 285 g/mol. The van der Waals surface area contributed by atoms with E-state index in [4.69, 9.17) is 0 Å². The first-order valence-electron chi connectivity index (χ1n) is 6.80. The van der Waals surface area contributed by atoms with Crippen LogP contribution in [0.5, 0.6) is 0 Å². The highest BCUT2D eigenvalue weighted by Crippen LogP contribution is 2.13. The molecule has 1 heterocycles. The largest absolute Gasteiger partial charge is 0.360 e. The summed E-state index contributed by atoms with van der Waals surface area (Å²) in [5.41, 5.74) is 2.62. The van der Waals surface area contributed by atoms with Gasteiger partial charge in [-0.3, -0.25) is 9.59 Å². The van der Waals surface area contributed by atoms with Gasteiger partial charge in [-0.15, -0.1) is 0 Å². The number of amides is 2. The number of aromatic amines is 1. The second-order valence-corrected chi connectivity index (χ2v) is 4.93. The van der Waals surface area contributed by atoms with Gasteiger partial charge in [0.1, 0.15) is 6.04 Å². The van der Waals surface area contributed by atoms with Gasteiger partial charge in [0.25, 0.3) is 0 Å². The SMILES string of the molecule is CC(=O)N[C@H](C(=O)NCc1ccccc1)c1ccc(C)[nH]1. The van der Waals surface area contributed by atoms with Crippen LogP contribution in [0, 0.1) is 6.92 Å². The summed E-state index contributed by atoms with van der Waals surface area (Å²) in [6, 6.07) is 12.6. The fourth-order valence-corrected chi connectivity index (χ4v) is 2.07. The zero-order valence-corrected chi connectivity index (χ0v) is 12.1. The van der Waals surface area contributed by atoms with Crippen LogP contribution in [0.15, 0.2) is 42.5 Å². The lowest BCUT2D eigenvalue weighted by atomic mass is 10.1. The minimum absolute atomic E-state index is 0.240. The van der Waals surface area contributed by atoms with E-state index in [1.165, 1.54) is 6.92 Å². The average Bonchev–Trinajstić information content (AvgIpc) is 2.89. The third-order valence-corrected chi connectivity index (χ3v) is 3.08. The van der Waals surface area contributed by atoms with Crippen LogP contribution >= 0.6 is 0 Å². The molecular weight excluding hydrogens is 266 g/mol. The summed E-state index contributed by atoms with van der Waals surface area (Å²) in [6.07, 6.45) is 0. The number of aryl methyl sites for hydroxylation is 1. The van der Waals surface area contributed by atoms with Crippen molar-refractivity contribution in [2.24, 2.45) is 0 Å². The summed E-state index contributed by atoms with van der Waals surface area (Å²) in [5.74, 6) is -0.488. The molecule has 5 heteroatoms. The van der Waals surface area contributed by atoms with E-state index < -0.39 is 6.04 Å². The first kappa shape index (κ1) is 14.8. The van der Waals surface area contributed by atoms with Gasteiger partial charge >= 0.3 is 0 Å². The van der Waals surface area contributed by atoms with Gasteiger partial charge in [-0.05, 0) is 24.6 Å². The Labute approximate surface area is 123 Å². The predicted octanol–water partition coefficient (Wildman–Crippen LogP) is 1.82. The normalized spacial score (nSPS) is 11.7. The molecule has 3 N–H and O–H groups in total. The molecule has 0 radical (unpaired) electrons. The minimum atomic E-state index is -0.708. The topological polar surface area (TPSA) is 74.0 Å². The smallest absolute Gasteiger partial charge is 0.249 e. The summed E-state index contributed by atoms with van der Waals surface area (Å²) in [6.45, 7) is 3.72. The second-order valence-electron chi connectivity index (χ2n) is 4.93. The minimum Gasteiger partial charge on any atom is -0.360 e. The van der Waals surface area contributed by atoms with Crippen LogP contribution in [0.25, 0.3) is 0 Å². The molecule has 0 unspecified atom stereocenters. The standard InChI is InChI=1S/C16H19N3O2/c1-11-8-9-14(18-11)15(19-12(2)20)16(21)17-10-13-6-4-3-5-7-13/h3-9,15,18H,10H2,1-2H3,(H,17,21)(H,19,20)/t15-/m0/s1. The molecule has 0 fully saturated rings. The number of aromatic nitrogens is 1. The molecule has 2 amide bonds. The summed E-state index contributed by atoms with van der Waals surface area (Å²) >= 11 is 0. The fourth-order valence-electron chi connectivity index (χ4n) is 2.07. The lowest BCUT2D eigenvalue weighted by Gasteiger charge is -2.16. The van der Waals surface area contributed by atoms with Crippen molar-refractivity contribution in [2.75, 3.05) is 0 Å². The van der Waals surface area contributed by atoms with Crippen molar-refractivity contribution >= 4 is 11.8 Å². The highest BCUT2D eigenvalue weighted by atomic mass is 16.2. The molecule has 5 nitrogen and oxygen atoms in total. The number of carbonyl (C=O) groups is 2. The molecule has 2 rings (SSSR count). The van der Waals surface area contributed by atoms with Gasteiger partial charge in [-0.25, -0.2) is 0 Å². The summed E-state index contributed by atoms with van der Waals surface area (Å²) in [7, 11) is 0. The molecule has 1 aromatic carbocycles. The molecule has 21 heavy (non-hydrogen) atoms. The zero-order valence-electron chi connectivity index (χ0n) is 12.1. The summed E-state index contributed by atoms with van der Waals surface area (Å²) in [5, 5.41) is 5.50. The van der Waals surface area contributed by atoms with Crippen molar-refractivity contribution in [3.63, 3.8) is 0 Å². The van der Waals surface area contributed by atoms with Crippen molar-refractivity contribution in [1.82, 2.24) is 15.6 Å². The Balaban J connectivity index is 2.06. The number of nitrogens with one attached hydrogen (secondary N) is 3. The highest BCUT2D eigenvalue weighted by Gasteiger charge is 2.22. The molecule has 110 valence electrons. The maximum atomic E-state index is 12.3. The molecule has 2 aromatic rings. The van der Waals surface area contributed by atoms with Gasteiger partial charge in [-0.2, -0.15) is 0 Å². The van der Waals surface area contributed by atoms with E-state index >= 15 is 0 Å². The van der Waals surface area contributed by atoms with Gasteiger partial charge in [0.2, 0.25) is 11.8 Å². The van der Waals surface area contributed by atoms with Crippen LogP contribution in [-0.2, 0) is 16.1 Å². The molecule has 1 aromatic heterocycles. The molecule has 0 aliphatic carbocycles. The van der Waals surface area contributed by atoms with Crippen LogP contribution in [0.3, 0.4) is 0 Å². The molecule has 0 aliphatic heterocycles. The van der Waals surface area contributed by atoms with Crippen molar-refractivity contribution in [1.29, 1.82) is 0 Å². The second kappa shape index (κ2) is 6.74. The maximum Gasteiger partial charge on any atom is 0.249 e. The first-order valence-corrected chi connectivity index (χ1v) is 6.80. The van der Waals surface area contributed by atoms with Crippen LogP contribution in [0.4, 0.5) is 0 Å². The van der Waals surface area contributed by atoms with Crippen LogP contribution in [0.2, 0.25) is 0 Å². The molecule has 0 bridgehead atoms. The number of carbonyl (C=O) groups excluding carboxylic acids is 2. The van der Waals surface area contributed by atoms with Gasteiger partial charge in [-0.1, -0.05) is 30.3 Å². The Morgan fingerprint density at radius 2 is 1.86 bits per heavy atom. The quantitative estimate of drug-likeness (QED) is 0.784. The number of rotatable bonds is 5. The lowest BCUT2D eigenvalue weighted by Crippen LogP contribution is -2.39. The Bertz CT molecular complexity index is 619. The van der Waals surface area contributed by atoms with E-state index in [9.17, 15) is 9.59 Å². The lowest BCUT2D eigenvalue weighted by molar-refractivity contribution is -0.128. The number of hydrogen-bond acceptors (Lipinski definition) is 2. The van der Waals surface area contributed by atoms with Gasteiger partial charge in [0.15, 0.2) is 0 Å². The molecule has 0 saturated carbocycles. The molecule has 0 aliphatic rings. The predicted molar refractivity (Wildman–Crippen MR) is 80.4 cm³/mol. The average molecular weight is 285 g/mol. The third-order valence-electron chi connectivity index (χ3n) is 3.08. The van der Waals surface area contributed by atoms with E-state index in [0.29, 0.717) is 12.2 Å².